The monoisotopic (exact) mass is 332 g/mol. The molecule has 0 atom stereocenters. The molecule has 0 radical (unpaired) electrons. The van der Waals surface area contributed by atoms with Gasteiger partial charge >= 0.3 is 0 Å². The Balaban J connectivity index is 1.64. The van der Waals surface area contributed by atoms with Gasteiger partial charge < -0.3 is 10.3 Å². The Morgan fingerprint density at radius 1 is 1.27 bits per heavy atom. The molecule has 1 saturated carbocycles. The molecule has 4 rings (SSSR count). The largest absolute Gasteiger partial charge is 0.332 e. The minimum atomic E-state index is -0.423. The number of hydrogen-bond acceptors (Lipinski definition) is 6. The summed E-state index contributed by atoms with van der Waals surface area (Å²) in [5.41, 5.74) is 7.43. The van der Waals surface area contributed by atoms with E-state index >= 15 is 0 Å². The van der Waals surface area contributed by atoms with E-state index in [-0.39, 0.29) is 0 Å². The van der Waals surface area contributed by atoms with Gasteiger partial charge in [-0.15, -0.1) is 11.3 Å². The van der Waals surface area contributed by atoms with E-state index in [4.69, 9.17) is 21.9 Å². The molecule has 3 aromatic rings. The molecule has 1 fully saturated rings. The fourth-order valence-electron chi connectivity index (χ4n) is 2.44. The zero-order chi connectivity index (χ0) is 15.2. The second-order valence-corrected chi connectivity index (χ2v) is 6.78. The smallest absolute Gasteiger partial charge is 0.277 e. The highest BCUT2D eigenvalue weighted by Gasteiger charge is 2.39. The van der Waals surface area contributed by atoms with Crippen molar-refractivity contribution in [3.8, 4) is 22.2 Å². The van der Waals surface area contributed by atoms with Gasteiger partial charge in [-0.05, 0) is 31.4 Å². The maximum Gasteiger partial charge on any atom is 0.277 e. The Morgan fingerprint density at radius 2 is 2.14 bits per heavy atom. The fourth-order valence-corrected chi connectivity index (χ4v) is 3.42. The van der Waals surface area contributed by atoms with Gasteiger partial charge in [-0.25, -0.2) is 4.98 Å². The van der Waals surface area contributed by atoms with Gasteiger partial charge in [0.15, 0.2) is 5.82 Å². The number of hydrogen-bond donors (Lipinski definition) is 1. The van der Waals surface area contributed by atoms with Gasteiger partial charge in [-0.2, -0.15) is 4.98 Å². The first-order chi connectivity index (χ1) is 10.6. The molecule has 0 unspecified atom stereocenters. The first-order valence-corrected chi connectivity index (χ1v) is 8.25. The molecule has 0 spiro atoms. The summed E-state index contributed by atoms with van der Waals surface area (Å²) >= 11 is 7.53. The van der Waals surface area contributed by atoms with Crippen LogP contribution >= 0.6 is 22.9 Å². The third-order valence-electron chi connectivity index (χ3n) is 3.91. The third kappa shape index (κ3) is 2.33. The minimum absolute atomic E-state index is 0.413. The summed E-state index contributed by atoms with van der Waals surface area (Å²) in [4.78, 5) is 8.97. The molecule has 5 nitrogen and oxygen atoms in total. The predicted molar refractivity (Wildman–Crippen MR) is 85.6 cm³/mol. The normalized spacial score (nSPS) is 16.5. The molecular formula is C15H13ClN4OS. The number of rotatable bonds is 3. The van der Waals surface area contributed by atoms with Gasteiger partial charge in [0.1, 0.15) is 10.7 Å². The Labute approximate surface area is 136 Å². The molecule has 0 saturated heterocycles. The molecule has 2 heterocycles. The van der Waals surface area contributed by atoms with Crippen molar-refractivity contribution >= 4 is 22.9 Å². The van der Waals surface area contributed by atoms with Crippen LogP contribution in [0.1, 0.15) is 25.1 Å². The van der Waals surface area contributed by atoms with Gasteiger partial charge in [-0.3, -0.25) is 0 Å². The maximum absolute atomic E-state index is 6.21. The first-order valence-electron chi connectivity index (χ1n) is 6.99. The molecule has 112 valence electrons. The van der Waals surface area contributed by atoms with Crippen LogP contribution in [0.15, 0.2) is 34.2 Å². The van der Waals surface area contributed by atoms with Gasteiger partial charge in [0.2, 0.25) is 0 Å². The van der Waals surface area contributed by atoms with Gasteiger partial charge in [-0.1, -0.05) is 28.9 Å². The van der Waals surface area contributed by atoms with Crippen molar-refractivity contribution in [2.75, 3.05) is 0 Å². The van der Waals surface area contributed by atoms with Crippen LogP contribution in [0.4, 0.5) is 0 Å². The van der Waals surface area contributed by atoms with E-state index in [9.17, 15) is 0 Å². The second kappa shape index (κ2) is 5.15. The molecule has 7 heteroatoms. The highest BCUT2D eigenvalue weighted by molar-refractivity contribution is 7.13. The van der Waals surface area contributed by atoms with Crippen molar-refractivity contribution in [3.63, 3.8) is 0 Å². The van der Waals surface area contributed by atoms with Crippen molar-refractivity contribution in [2.45, 2.75) is 24.8 Å². The van der Waals surface area contributed by atoms with E-state index in [2.05, 4.69) is 15.1 Å². The van der Waals surface area contributed by atoms with E-state index in [1.54, 1.807) is 0 Å². The summed E-state index contributed by atoms with van der Waals surface area (Å²) < 4.78 is 5.32. The minimum Gasteiger partial charge on any atom is -0.332 e. The van der Waals surface area contributed by atoms with Crippen LogP contribution in [-0.4, -0.2) is 15.1 Å². The summed E-state index contributed by atoms with van der Waals surface area (Å²) in [6, 6.07) is 7.59. The number of nitrogens with zero attached hydrogens (tertiary/aromatic N) is 3. The summed E-state index contributed by atoms with van der Waals surface area (Å²) in [6.45, 7) is 0. The average Bonchev–Trinajstić information content (AvgIpc) is 3.14. The van der Waals surface area contributed by atoms with E-state index in [1.807, 2.05) is 29.6 Å². The van der Waals surface area contributed by atoms with Crippen LogP contribution in [0, 0.1) is 0 Å². The highest BCUT2D eigenvalue weighted by Crippen LogP contribution is 2.38. The van der Waals surface area contributed by atoms with Gasteiger partial charge in [0, 0.05) is 16.0 Å². The quantitative estimate of drug-likeness (QED) is 0.788. The van der Waals surface area contributed by atoms with E-state index in [0.29, 0.717) is 22.4 Å². The SMILES string of the molecule is NC1(c2noc(-c3csc(-c4cccc(Cl)c4)n3)n2)CCC1. The lowest BCUT2D eigenvalue weighted by Gasteiger charge is -2.34. The zero-order valence-corrected chi connectivity index (χ0v) is 13.2. The predicted octanol–water partition coefficient (Wildman–Crippen LogP) is 3.85. The summed E-state index contributed by atoms with van der Waals surface area (Å²) in [5.74, 6) is 0.988. The van der Waals surface area contributed by atoms with E-state index in [0.717, 1.165) is 29.8 Å². The van der Waals surface area contributed by atoms with Crippen molar-refractivity contribution in [1.29, 1.82) is 0 Å². The molecule has 2 aromatic heterocycles. The fraction of sp³-hybridized carbons (Fsp3) is 0.267. The Kier molecular flexibility index (Phi) is 3.25. The van der Waals surface area contributed by atoms with E-state index < -0.39 is 5.54 Å². The Morgan fingerprint density at radius 3 is 2.86 bits per heavy atom. The molecule has 1 aliphatic rings. The van der Waals surface area contributed by atoms with Crippen molar-refractivity contribution in [2.24, 2.45) is 5.73 Å². The lowest BCUT2D eigenvalue weighted by Crippen LogP contribution is -2.44. The van der Waals surface area contributed by atoms with E-state index in [1.165, 1.54) is 11.3 Å². The summed E-state index contributed by atoms with van der Waals surface area (Å²) in [7, 11) is 0. The molecule has 1 aliphatic carbocycles. The number of halogens is 1. The number of aromatic nitrogens is 3. The van der Waals surface area contributed by atoms with Crippen molar-refractivity contribution in [3.05, 3.63) is 40.5 Å². The molecule has 0 aliphatic heterocycles. The Bertz CT molecular complexity index is 824. The molecule has 22 heavy (non-hydrogen) atoms. The van der Waals surface area contributed by atoms with Gasteiger partial charge in [0.05, 0.1) is 5.54 Å². The second-order valence-electron chi connectivity index (χ2n) is 5.48. The third-order valence-corrected chi connectivity index (χ3v) is 5.04. The van der Waals surface area contributed by atoms with Crippen LogP contribution in [0.3, 0.4) is 0 Å². The van der Waals surface area contributed by atoms with Crippen molar-refractivity contribution < 1.29 is 4.52 Å². The molecule has 2 N–H and O–H groups in total. The lowest BCUT2D eigenvalue weighted by molar-refractivity contribution is 0.229. The topological polar surface area (TPSA) is 77.8 Å². The lowest BCUT2D eigenvalue weighted by atomic mass is 9.77. The highest BCUT2D eigenvalue weighted by atomic mass is 35.5. The number of benzene rings is 1. The zero-order valence-electron chi connectivity index (χ0n) is 11.6. The number of thiazole rings is 1. The van der Waals surface area contributed by atoms with Gasteiger partial charge in [0.25, 0.3) is 5.89 Å². The Hall–Kier alpha value is -1.76. The maximum atomic E-state index is 6.21. The summed E-state index contributed by atoms with van der Waals surface area (Å²) in [5, 5.41) is 7.46. The molecular weight excluding hydrogens is 320 g/mol. The summed E-state index contributed by atoms with van der Waals surface area (Å²) in [6.07, 6.45) is 2.91. The van der Waals surface area contributed by atoms with Crippen LogP contribution in [0.5, 0.6) is 0 Å². The molecule has 0 bridgehead atoms. The van der Waals surface area contributed by atoms with Crippen LogP contribution in [0.2, 0.25) is 5.02 Å². The number of nitrogens with two attached hydrogens (primary N) is 1. The first kappa shape index (κ1) is 13.9. The van der Waals surface area contributed by atoms with Crippen LogP contribution in [0.25, 0.3) is 22.2 Å². The van der Waals surface area contributed by atoms with Crippen molar-refractivity contribution in [1.82, 2.24) is 15.1 Å². The van der Waals surface area contributed by atoms with Crippen LogP contribution < -0.4 is 5.73 Å². The average molecular weight is 333 g/mol. The molecule has 0 amide bonds. The van der Waals surface area contributed by atoms with Crippen LogP contribution in [-0.2, 0) is 5.54 Å². The standard InChI is InChI=1S/C15H13ClN4OS/c16-10-4-1-3-9(7-10)13-18-11(8-22-13)12-19-14(20-21-12)15(17)5-2-6-15/h1,3-4,7-8H,2,5-6,17H2. The molecule has 1 aromatic carbocycles.